The number of carbonyl (C=O) groups excluding carboxylic acids is 2. The van der Waals surface area contributed by atoms with Crippen molar-refractivity contribution >= 4 is 44.2 Å². The first-order chi connectivity index (χ1) is 15.5. The molecule has 1 N–H and O–H groups in total. The first kappa shape index (κ1) is 22.3. The molecule has 5 nitrogen and oxygen atoms in total. The van der Waals surface area contributed by atoms with E-state index in [2.05, 4.69) is 21.2 Å². The number of nitrogens with one attached hydrogen (secondary N) is 1. The zero-order valence-corrected chi connectivity index (χ0v) is 19.7. The zero-order chi connectivity index (χ0) is 22.5. The number of anilines is 1. The molecule has 0 aromatic heterocycles. The van der Waals surface area contributed by atoms with E-state index >= 15 is 0 Å². The molecular weight excluding hydrogens is 468 g/mol. The number of hydrogen-bond acceptors (Lipinski definition) is 3. The van der Waals surface area contributed by atoms with Gasteiger partial charge in [-0.15, -0.1) is 0 Å². The topological polar surface area (TPSA) is 58.6 Å². The van der Waals surface area contributed by atoms with E-state index < -0.39 is 0 Å². The summed E-state index contributed by atoms with van der Waals surface area (Å²) in [4.78, 5) is 27.6. The predicted molar refractivity (Wildman–Crippen MR) is 131 cm³/mol. The van der Waals surface area contributed by atoms with Crippen LogP contribution in [0.3, 0.4) is 0 Å². The second-order valence-electron chi connectivity index (χ2n) is 8.19. The molecule has 0 radical (unpaired) electrons. The molecule has 1 aliphatic rings. The molecule has 0 saturated heterocycles. The van der Waals surface area contributed by atoms with E-state index in [1.54, 1.807) is 12.1 Å². The van der Waals surface area contributed by atoms with E-state index in [1.165, 1.54) is 6.42 Å². The lowest BCUT2D eigenvalue weighted by atomic mass is 9.94. The molecule has 166 valence electrons. The van der Waals surface area contributed by atoms with Crippen molar-refractivity contribution in [1.82, 2.24) is 4.90 Å². The van der Waals surface area contributed by atoms with Crippen LogP contribution < -0.4 is 10.1 Å². The highest BCUT2D eigenvalue weighted by Gasteiger charge is 2.25. The highest BCUT2D eigenvalue weighted by molar-refractivity contribution is 9.10. The highest BCUT2D eigenvalue weighted by atomic mass is 79.9. The molecule has 3 aromatic carbocycles. The van der Waals surface area contributed by atoms with E-state index in [1.807, 2.05) is 60.5 Å². The molecule has 0 unspecified atom stereocenters. The zero-order valence-electron chi connectivity index (χ0n) is 18.1. The molecule has 1 saturated carbocycles. The van der Waals surface area contributed by atoms with Crippen molar-refractivity contribution in [2.75, 3.05) is 19.0 Å². The maximum Gasteiger partial charge on any atom is 0.262 e. The third-order valence-corrected chi connectivity index (χ3v) is 6.88. The number of fused-ring (bicyclic) bond motifs is 1. The average Bonchev–Trinajstić information content (AvgIpc) is 2.84. The SMILES string of the molecule is CN(C(=O)c1ccccc1NC(=O)COc1ccc2ccccc2c1Br)C1CCCCC1. The minimum atomic E-state index is -0.314. The number of nitrogens with zero attached hydrogens (tertiary/aromatic N) is 1. The van der Waals surface area contributed by atoms with Gasteiger partial charge < -0.3 is 15.0 Å². The number of carbonyl (C=O) groups is 2. The molecule has 0 heterocycles. The summed E-state index contributed by atoms with van der Waals surface area (Å²) < 4.78 is 6.58. The quantitative estimate of drug-likeness (QED) is 0.455. The summed E-state index contributed by atoms with van der Waals surface area (Å²) in [6, 6.07) is 19.2. The molecule has 32 heavy (non-hydrogen) atoms. The van der Waals surface area contributed by atoms with Crippen LogP contribution in [-0.4, -0.2) is 36.4 Å². The number of halogens is 1. The molecule has 1 fully saturated rings. The Morgan fingerprint density at radius 1 is 1.00 bits per heavy atom. The fourth-order valence-electron chi connectivity index (χ4n) is 4.26. The summed E-state index contributed by atoms with van der Waals surface area (Å²) in [7, 11) is 1.86. The van der Waals surface area contributed by atoms with Crippen LogP contribution in [0.4, 0.5) is 5.69 Å². The van der Waals surface area contributed by atoms with Crippen LogP contribution in [0.25, 0.3) is 10.8 Å². The van der Waals surface area contributed by atoms with Crippen LogP contribution in [0.5, 0.6) is 5.75 Å². The Labute approximate surface area is 196 Å². The van der Waals surface area contributed by atoms with Gasteiger partial charge >= 0.3 is 0 Å². The summed E-state index contributed by atoms with van der Waals surface area (Å²) in [6.45, 7) is -0.155. The second-order valence-corrected chi connectivity index (χ2v) is 8.98. The highest BCUT2D eigenvalue weighted by Crippen LogP contribution is 2.33. The fraction of sp³-hybridized carbons (Fsp3) is 0.308. The monoisotopic (exact) mass is 494 g/mol. The van der Waals surface area contributed by atoms with Gasteiger partial charge in [0.15, 0.2) is 6.61 Å². The Morgan fingerprint density at radius 3 is 2.53 bits per heavy atom. The largest absolute Gasteiger partial charge is 0.483 e. The molecule has 6 heteroatoms. The van der Waals surface area contributed by atoms with Crippen LogP contribution >= 0.6 is 15.9 Å². The second kappa shape index (κ2) is 10.2. The van der Waals surface area contributed by atoms with Gasteiger partial charge in [0.1, 0.15) is 5.75 Å². The van der Waals surface area contributed by atoms with E-state index in [4.69, 9.17) is 4.74 Å². The van der Waals surface area contributed by atoms with Crippen LogP contribution in [0.2, 0.25) is 0 Å². The van der Waals surface area contributed by atoms with Gasteiger partial charge in [0, 0.05) is 13.1 Å². The lowest BCUT2D eigenvalue weighted by Gasteiger charge is -2.31. The van der Waals surface area contributed by atoms with Gasteiger partial charge in [-0.05, 0) is 57.7 Å². The molecular formula is C26H27BrN2O3. The number of rotatable bonds is 6. The average molecular weight is 495 g/mol. The summed E-state index contributed by atoms with van der Waals surface area (Å²) in [5, 5.41) is 4.96. The normalized spacial score (nSPS) is 14.2. The van der Waals surface area contributed by atoms with Gasteiger partial charge in [-0.1, -0.05) is 61.7 Å². The number of amides is 2. The Bertz CT molecular complexity index is 1130. The van der Waals surface area contributed by atoms with Gasteiger partial charge in [0.2, 0.25) is 0 Å². The van der Waals surface area contributed by atoms with Crippen molar-refractivity contribution in [3.05, 3.63) is 70.7 Å². The first-order valence-electron chi connectivity index (χ1n) is 11.0. The molecule has 2 amide bonds. The van der Waals surface area contributed by atoms with Gasteiger partial charge in [-0.2, -0.15) is 0 Å². The lowest BCUT2D eigenvalue weighted by Crippen LogP contribution is -2.38. The standard InChI is InChI=1S/C26H27BrN2O3/c1-29(19-10-3-2-4-11-19)26(31)21-13-7-8-14-22(21)28-24(30)17-32-23-16-15-18-9-5-6-12-20(18)25(23)27/h5-9,12-16,19H,2-4,10-11,17H2,1H3,(H,28,30). The maximum absolute atomic E-state index is 13.1. The van der Waals surface area contributed by atoms with Gasteiger partial charge in [-0.25, -0.2) is 0 Å². The third-order valence-electron chi connectivity index (χ3n) is 6.06. The van der Waals surface area contributed by atoms with E-state index in [-0.39, 0.29) is 24.5 Å². The Morgan fingerprint density at radius 2 is 1.72 bits per heavy atom. The molecule has 0 aliphatic heterocycles. The van der Waals surface area contributed by atoms with Crippen LogP contribution in [0.1, 0.15) is 42.5 Å². The lowest BCUT2D eigenvalue weighted by molar-refractivity contribution is -0.118. The molecule has 3 aromatic rings. The smallest absolute Gasteiger partial charge is 0.262 e. The summed E-state index contributed by atoms with van der Waals surface area (Å²) in [5.41, 5.74) is 1.01. The fourth-order valence-corrected chi connectivity index (χ4v) is 4.87. The Balaban J connectivity index is 1.43. The van der Waals surface area contributed by atoms with Crippen LogP contribution in [0, 0.1) is 0 Å². The van der Waals surface area contributed by atoms with E-state index in [0.29, 0.717) is 17.0 Å². The number of ether oxygens (including phenoxy) is 1. The van der Waals surface area contributed by atoms with Crippen molar-refractivity contribution in [1.29, 1.82) is 0 Å². The van der Waals surface area contributed by atoms with Crippen molar-refractivity contribution in [3.63, 3.8) is 0 Å². The molecule has 1 aliphatic carbocycles. The number of para-hydroxylation sites is 1. The van der Waals surface area contributed by atoms with E-state index in [0.717, 1.165) is 40.9 Å². The predicted octanol–water partition coefficient (Wildman–Crippen LogP) is 6.02. The maximum atomic E-state index is 13.1. The number of hydrogen-bond donors (Lipinski definition) is 1. The minimum absolute atomic E-state index is 0.0639. The van der Waals surface area contributed by atoms with Crippen molar-refractivity contribution in [3.8, 4) is 5.75 Å². The summed E-state index contributed by atoms with van der Waals surface area (Å²) in [6.07, 6.45) is 5.61. The van der Waals surface area contributed by atoms with Gasteiger partial charge in [-0.3, -0.25) is 9.59 Å². The number of benzene rings is 3. The van der Waals surface area contributed by atoms with Crippen molar-refractivity contribution in [2.24, 2.45) is 0 Å². The van der Waals surface area contributed by atoms with E-state index in [9.17, 15) is 9.59 Å². The van der Waals surface area contributed by atoms with Crippen LogP contribution in [-0.2, 0) is 4.79 Å². The molecule has 0 bridgehead atoms. The summed E-state index contributed by atoms with van der Waals surface area (Å²) >= 11 is 3.58. The van der Waals surface area contributed by atoms with Gasteiger partial charge in [0.05, 0.1) is 15.7 Å². The Kier molecular flexibility index (Phi) is 7.10. The van der Waals surface area contributed by atoms with Crippen LogP contribution in [0.15, 0.2) is 65.1 Å². The minimum Gasteiger partial charge on any atom is -0.483 e. The molecule has 0 atom stereocenters. The first-order valence-corrected chi connectivity index (χ1v) is 11.8. The van der Waals surface area contributed by atoms with Crippen molar-refractivity contribution in [2.45, 2.75) is 38.1 Å². The summed E-state index contributed by atoms with van der Waals surface area (Å²) in [5.74, 6) is 0.219. The Hall–Kier alpha value is -2.86. The van der Waals surface area contributed by atoms with Crippen molar-refractivity contribution < 1.29 is 14.3 Å². The third kappa shape index (κ3) is 4.96. The molecule has 0 spiro atoms. The molecule has 4 rings (SSSR count). The van der Waals surface area contributed by atoms with Gasteiger partial charge in [0.25, 0.3) is 11.8 Å².